The third-order valence-corrected chi connectivity index (χ3v) is 5.78. The zero-order valence-electron chi connectivity index (χ0n) is 15.1. The minimum absolute atomic E-state index is 0.0620. The molecule has 30 heavy (non-hydrogen) atoms. The van der Waals surface area contributed by atoms with E-state index in [1.165, 1.54) is 41.1 Å². The van der Waals surface area contributed by atoms with Gasteiger partial charge in [0.25, 0.3) is 17.3 Å². The molecule has 3 aromatic rings. The molecule has 0 saturated heterocycles. The SMILES string of the molecule is O=C(Nc1c2c(nn1-c1ccc([N+](=O)[O-])cc1)CSC2)c1ccc(Cl)c([N+](=O)[O-])c1. The van der Waals surface area contributed by atoms with E-state index in [-0.39, 0.29) is 22.0 Å². The van der Waals surface area contributed by atoms with Crippen molar-refractivity contribution in [2.24, 2.45) is 0 Å². The average Bonchev–Trinajstić information content (AvgIpc) is 3.30. The normalized spacial score (nSPS) is 12.4. The Hall–Kier alpha value is -3.44. The number of anilines is 1. The van der Waals surface area contributed by atoms with Crippen LogP contribution < -0.4 is 5.32 Å². The van der Waals surface area contributed by atoms with Gasteiger partial charge in [0.2, 0.25) is 0 Å². The van der Waals surface area contributed by atoms with Crippen LogP contribution in [0.25, 0.3) is 5.69 Å². The maximum Gasteiger partial charge on any atom is 0.288 e. The Kier molecular flexibility index (Phi) is 5.14. The van der Waals surface area contributed by atoms with Crippen molar-refractivity contribution in [1.82, 2.24) is 9.78 Å². The highest BCUT2D eigenvalue weighted by molar-refractivity contribution is 7.98. The highest BCUT2D eigenvalue weighted by atomic mass is 35.5. The first kappa shape index (κ1) is 19.9. The lowest BCUT2D eigenvalue weighted by Gasteiger charge is -2.11. The van der Waals surface area contributed by atoms with Crippen LogP contribution in [0.4, 0.5) is 17.2 Å². The summed E-state index contributed by atoms with van der Waals surface area (Å²) in [6.07, 6.45) is 0. The number of benzene rings is 2. The molecular weight excluding hydrogens is 434 g/mol. The second kappa shape index (κ2) is 7.76. The Balaban J connectivity index is 1.71. The van der Waals surface area contributed by atoms with E-state index in [2.05, 4.69) is 10.4 Å². The Labute approximate surface area is 178 Å². The van der Waals surface area contributed by atoms with Crippen LogP contribution in [-0.2, 0) is 11.5 Å². The van der Waals surface area contributed by atoms with Crippen LogP contribution >= 0.6 is 23.4 Å². The number of thioether (sulfide) groups is 1. The molecule has 1 N–H and O–H groups in total. The van der Waals surface area contributed by atoms with E-state index in [1.807, 2.05) is 0 Å². The highest BCUT2D eigenvalue weighted by Gasteiger charge is 2.26. The highest BCUT2D eigenvalue weighted by Crippen LogP contribution is 2.36. The fraction of sp³-hybridized carbons (Fsp3) is 0.111. The smallest absolute Gasteiger partial charge is 0.288 e. The van der Waals surface area contributed by atoms with Gasteiger partial charge in [-0.05, 0) is 24.3 Å². The van der Waals surface area contributed by atoms with Crippen LogP contribution in [0.15, 0.2) is 42.5 Å². The first-order valence-electron chi connectivity index (χ1n) is 8.54. The number of aromatic nitrogens is 2. The fourth-order valence-corrected chi connectivity index (χ4v) is 4.24. The van der Waals surface area contributed by atoms with Gasteiger partial charge in [0.05, 0.1) is 21.2 Å². The summed E-state index contributed by atoms with van der Waals surface area (Å²) in [5, 5.41) is 29.2. The Morgan fingerprint density at radius 2 is 1.83 bits per heavy atom. The van der Waals surface area contributed by atoms with Crippen molar-refractivity contribution in [3.05, 3.63) is 84.5 Å². The molecule has 0 aliphatic carbocycles. The summed E-state index contributed by atoms with van der Waals surface area (Å²) in [4.78, 5) is 33.7. The zero-order chi connectivity index (χ0) is 21.4. The molecule has 2 aromatic carbocycles. The number of rotatable bonds is 5. The lowest BCUT2D eigenvalue weighted by Crippen LogP contribution is -2.16. The predicted octanol–water partition coefficient (Wildman–Crippen LogP) is 4.34. The van der Waals surface area contributed by atoms with Crippen LogP contribution in [0.2, 0.25) is 5.02 Å². The minimum atomic E-state index is -0.658. The molecule has 0 unspecified atom stereocenters. The molecular formula is C18H12ClN5O5S. The molecule has 0 atom stereocenters. The van der Waals surface area contributed by atoms with Gasteiger partial charge in [-0.3, -0.25) is 25.0 Å². The van der Waals surface area contributed by atoms with Gasteiger partial charge in [0.1, 0.15) is 10.8 Å². The van der Waals surface area contributed by atoms with Crippen LogP contribution in [0.5, 0.6) is 0 Å². The van der Waals surface area contributed by atoms with Crippen LogP contribution in [0.3, 0.4) is 0 Å². The number of hydrogen-bond donors (Lipinski definition) is 1. The number of nitrogens with zero attached hydrogens (tertiary/aromatic N) is 4. The summed E-state index contributed by atoms with van der Waals surface area (Å²) in [6, 6.07) is 9.58. The van der Waals surface area contributed by atoms with Gasteiger partial charge in [0.15, 0.2) is 0 Å². The van der Waals surface area contributed by atoms with Crippen molar-refractivity contribution >= 4 is 46.5 Å². The number of carbonyl (C=O) groups is 1. The third kappa shape index (κ3) is 3.60. The molecule has 0 fully saturated rings. The quantitative estimate of drug-likeness (QED) is 0.456. The van der Waals surface area contributed by atoms with Gasteiger partial charge in [-0.15, -0.1) is 0 Å². The maximum atomic E-state index is 12.8. The summed E-state index contributed by atoms with van der Waals surface area (Å²) in [7, 11) is 0. The van der Waals surface area contributed by atoms with E-state index in [0.717, 1.165) is 17.3 Å². The minimum Gasteiger partial charge on any atom is -0.306 e. The number of nitro benzene ring substituents is 2. The largest absolute Gasteiger partial charge is 0.306 e. The van der Waals surface area contributed by atoms with Crippen molar-refractivity contribution in [3.8, 4) is 5.69 Å². The van der Waals surface area contributed by atoms with Gasteiger partial charge in [-0.2, -0.15) is 16.9 Å². The standard InChI is InChI=1S/C18H12ClN5O5S/c19-14-6-1-10(7-16(14)24(28)29)18(25)20-17-13-8-30-9-15(13)21-22(17)11-2-4-12(5-3-11)23(26)27/h1-7H,8-9H2,(H,20,25). The third-order valence-electron chi connectivity index (χ3n) is 4.49. The number of hydrogen-bond acceptors (Lipinski definition) is 7. The molecule has 10 nitrogen and oxygen atoms in total. The van der Waals surface area contributed by atoms with Crippen LogP contribution in [0, 0.1) is 20.2 Å². The number of halogens is 1. The summed E-state index contributed by atoms with van der Waals surface area (Å²) < 4.78 is 1.51. The summed E-state index contributed by atoms with van der Waals surface area (Å²) in [6.45, 7) is 0. The fourth-order valence-electron chi connectivity index (χ4n) is 3.02. The Morgan fingerprint density at radius 1 is 1.10 bits per heavy atom. The topological polar surface area (TPSA) is 133 Å². The number of amides is 1. The molecule has 1 aromatic heterocycles. The Bertz CT molecular complexity index is 1190. The van der Waals surface area contributed by atoms with Gasteiger partial charge in [0, 0.05) is 40.8 Å². The molecule has 12 heteroatoms. The van der Waals surface area contributed by atoms with E-state index in [1.54, 1.807) is 11.8 Å². The molecule has 152 valence electrons. The molecule has 1 amide bonds. The molecule has 4 rings (SSSR count). The van der Waals surface area contributed by atoms with Crippen LogP contribution in [-0.4, -0.2) is 25.5 Å². The number of non-ortho nitro benzene ring substituents is 1. The zero-order valence-corrected chi connectivity index (χ0v) is 16.6. The lowest BCUT2D eigenvalue weighted by atomic mass is 10.2. The molecule has 1 aliphatic rings. The molecule has 2 heterocycles. The summed E-state index contributed by atoms with van der Waals surface area (Å²) >= 11 is 7.46. The van der Waals surface area contributed by atoms with Gasteiger partial charge < -0.3 is 5.32 Å². The van der Waals surface area contributed by atoms with Gasteiger partial charge in [-0.25, -0.2) is 4.68 Å². The van der Waals surface area contributed by atoms with Crippen molar-refractivity contribution in [2.45, 2.75) is 11.5 Å². The number of carbonyl (C=O) groups excluding carboxylic acids is 1. The van der Waals surface area contributed by atoms with Crippen molar-refractivity contribution in [2.75, 3.05) is 5.32 Å². The average molecular weight is 446 g/mol. The molecule has 1 aliphatic heterocycles. The molecule has 0 bridgehead atoms. The van der Waals surface area contributed by atoms with E-state index < -0.39 is 15.8 Å². The second-order valence-corrected chi connectivity index (χ2v) is 7.72. The van der Waals surface area contributed by atoms with E-state index in [9.17, 15) is 25.0 Å². The van der Waals surface area contributed by atoms with Crippen LogP contribution in [0.1, 0.15) is 21.6 Å². The number of fused-ring (bicyclic) bond motifs is 1. The van der Waals surface area contributed by atoms with E-state index >= 15 is 0 Å². The van der Waals surface area contributed by atoms with Crippen molar-refractivity contribution < 1.29 is 14.6 Å². The maximum absolute atomic E-state index is 12.8. The number of nitrogens with one attached hydrogen (secondary N) is 1. The molecule has 0 radical (unpaired) electrons. The van der Waals surface area contributed by atoms with E-state index in [0.29, 0.717) is 23.0 Å². The second-order valence-electron chi connectivity index (χ2n) is 6.33. The first-order valence-corrected chi connectivity index (χ1v) is 10.1. The Morgan fingerprint density at radius 3 is 2.50 bits per heavy atom. The monoisotopic (exact) mass is 445 g/mol. The van der Waals surface area contributed by atoms with Gasteiger partial charge >= 0.3 is 0 Å². The van der Waals surface area contributed by atoms with E-state index in [4.69, 9.17) is 11.6 Å². The molecule has 0 saturated carbocycles. The van der Waals surface area contributed by atoms with Gasteiger partial charge in [-0.1, -0.05) is 11.6 Å². The number of nitro groups is 2. The lowest BCUT2D eigenvalue weighted by molar-refractivity contribution is -0.385. The predicted molar refractivity (Wildman–Crippen MR) is 111 cm³/mol. The van der Waals surface area contributed by atoms with Crippen molar-refractivity contribution in [1.29, 1.82) is 0 Å². The summed E-state index contributed by atoms with van der Waals surface area (Å²) in [5.74, 6) is 1.17. The summed E-state index contributed by atoms with van der Waals surface area (Å²) in [5.41, 5.74) is 1.83. The molecule has 0 spiro atoms. The first-order chi connectivity index (χ1) is 14.3. The van der Waals surface area contributed by atoms with Crippen molar-refractivity contribution in [3.63, 3.8) is 0 Å².